The van der Waals surface area contributed by atoms with Crippen molar-refractivity contribution in [3.05, 3.63) is 72.1 Å². The Morgan fingerprint density at radius 1 is 1.12 bits per heavy atom. The fourth-order valence-corrected chi connectivity index (χ4v) is 2.39. The molecule has 0 aliphatic heterocycles. The highest BCUT2D eigenvalue weighted by molar-refractivity contribution is 5.91. The Morgan fingerprint density at radius 3 is 2.67 bits per heavy atom. The second-order valence-electron chi connectivity index (χ2n) is 5.20. The Hall–Kier alpha value is -3.15. The minimum absolute atomic E-state index is 0.243. The average molecular weight is 322 g/mol. The third kappa shape index (κ3) is 3.60. The number of nitrogens with zero attached hydrogens (tertiary/aromatic N) is 3. The minimum atomic E-state index is -0.243. The van der Waals surface area contributed by atoms with Gasteiger partial charge in [0.2, 0.25) is 0 Å². The lowest BCUT2D eigenvalue weighted by molar-refractivity contribution is 0.0949. The number of carbonyl (C=O) groups is 1. The van der Waals surface area contributed by atoms with Gasteiger partial charge in [0.15, 0.2) is 5.69 Å². The molecule has 0 fully saturated rings. The summed E-state index contributed by atoms with van der Waals surface area (Å²) in [7, 11) is 1.64. The van der Waals surface area contributed by atoms with Gasteiger partial charge in [0, 0.05) is 6.54 Å². The standard InChI is InChI=1S/C18H18N4O2/c1-24-17-10-6-5-7-14(17)11-12-19-18(23)16-13-22(21-20-16)15-8-3-2-4-9-15/h2-10,13H,11-12H2,1H3,(H,19,23). The zero-order valence-corrected chi connectivity index (χ0v) is 13.3. The predicted octanol–water partition coefficient (Wildman–Crippen LogP) is 2.25. The molecule has 1 aromatic heterocycles. The van der Waals surface area contributed by atoms with E-state index in [1.807, 2.05) is 54.6 Å². The number of aromatic nitrogens is 3. The Morgan fingerprint density at radius 2 is 1.88 bits per heavy atom. The third-order valence-electron chi connectivity index (χ3n) is 3.62. The van der Waals surface area contributed by atoms with Gasteiger partial charge in [-0.05, 0) is 30.2 Å². The molecule has 2 aromatic carbocycles. The fourth-order valence-electron chi connectivity index (χ4n) is 2.39. The molecule has 0 bridgehead atoms. The summed E-state index contributed by atoms with van der Waals surface area (Å²) in [6.45, 7) is 0.497. The van der Waals surface area contributed by atoms with E-state index in [9.17, 15) is 4.79 Å². The second kappa shape index (κ2) is 7.41. The number of hydrogen-bond donors (Lipinski definition) is 1. The summed E-state index contributed by atoms with van der Waals surface area (Å²) < 4.78 is 6.88. The number of ether oxygens (including phenoxy) is 1. The van der Waals surface area contributed by atoms with Gasteiger partial charge in [-0.25, -0.2) is 4.68 Å². The first-order valence-corrected chi connectivity index (χ1v) is 7.66. The molecule has 0 unspecified atom stereocenters. The Labute approximate surface area is 140 Å². The maximum atomic E-state index is 12.2. The van der Waals surface area contributed by atoms with Crippen LogP contribution < -0.4 is 10.1 Å². The molecule has 0 saturated heterocycles. The first-order chi connectivity index (χ1) is 11.8. The molecule has 6 heteroatoms. The fraction of sp³-hybridized carbons (Fsp3) is 0.167. The smallest absolute Gasteiger partial charge is 0.273 e. The van der Waals surface area contributed by atoms with Gasteiger partial charge in [0.05, 0.1) is 19.0 Å². The van der Waals surface area contributed by atoms with Gasteiger partial charge in [-0.2, -0.15) is 0 Å². The average Bonchev–Trinajstić information content (AvgIpc) is 3.13. The molecule has 1 heterocycles. The molecule has 0 saturated carbocycles. The van der Waals surface area contributed by atoms with Gasteiger partial charge >= 0.3 is 0 Å². The van der Waals surface area contributed by atoms with Crippen LogP contribution in [0.3, 0.4) is 0 Å². The van der Waals surface area contributed by atoms with Crippen molar-refractivity contribution >= 4 is 5.91 Å². The minimum Gasteiger partial charge on any atom is -0.496 e. The molecule has 0 spiro atoms. The Balaban J connectivity index is 1.59. The van der Waals surface area contributed by atoms with E-state index in [-0.39, 0.29) is 5.91 Å². The molecule has 1 N–H and O–H groups in total. The van der Waals surface area contributed by atoms with Crippen LogP contribution in [0.25, 0.3) is 5.69 Å². The SMILES string of the molecule is COc1ccccc1CCNC(=O)c1cn(-c2ccccc2)nn1. The molecule has 0 aliphatic carbocycles. The number of para-hydroxylation sites is 2. The summed E-state index contributed by atoms with van der Waals surface area (Å²) in [5, 5.41) is 10.8. The van der Waals surface area contributed by atoms with Crippen molar-refractivity contribution in [1.29, 1.82) is 0 Å². The first kappa shape index (κ1) is 15.7. The van der Waals surface area contributed by atoms with Gasteiger partial charge in [-0.15, -0.1) is 5.10 Å². The van der Waals surface area contributed by atoms with Crippen LogP contribution in [0.2, 0.25) is 0 Å². The van der Waals surface area contributed by atoms with Crippen LogP contribution in [0.4, 0.5) is 0 Å². The molecule has 122 valence electrons. The summed E-state index contributed by atoms with van der Waals surface area (Å²) in [5.41, 5.74) is 2.20. The highest BCUT2D eigenvalue weighted by Crippen LogP contribution is 2.17. The van der Waals surface area contributed by atoms with Crippen molar-refractivity contribution < 1.29 is 9.53 Å². The Kier molecular flexibility index (Phi) is 4.86. The quantitative estimate of drug-likeness (QED) is 0.756. The summed E-state index contributed by atoms with van der Waals surface area (Å²) >= 11 is 0. The molecular formula is C18H18N4O2. The number of methoxy groups -OCH3 is 1. The van der Waals surface area contributed by atoms with E-state index >= 15 is 0 Å². The topological polar surface area (TPSA) is 69.0 Å². The van der Waals surface area contributed by atoms with Crippen LogP contribution in [-0.2, 0) is 6.42 Å². The molecule has 0 atom stereocenters. The molecule has 0 radical (unpaired) electrons. The monoisotopic (exact) mass is 322 g/mol. The van der Waals surface area contributed by atoms with E-state index in [1.54, 1.807) is 18.0 Å². The molecule has 3 rings (SSSR count). The zero-order chi connectivity index (χ0) is 16.8. The Bertz CT molecular complexity index is 815. The molecule has 1 amide bonds. The van der Waals surface area contributed by atoms with E-state index in [0.29, 0.717) is 18.7 Å². The van der Waals surface area contributed by atoms with Crippen molar-refractivity contribution in [1.82, 2.24) is 20.3 Å². The van der Waals surface area contributed by atoms with Gasteiger partial charge in [-0.3, -0.25) is 4.79 Å². The maximum absolute atomic E-state index is 12.2. The predicted molar refractivity (Wildman–Crippen MR) is 90.4 cm³/mol. The first-order valence-electron chi connectivity index (χ1n) is 7.66. The number of amides is 1. The molecule has 24 heavy (non-hydrogen) atoms. The normalized spacial score (nSPS) is 10.4. The number of hydrogen-bond acceptors (Lipinski definition) is 4. The second-order valence-corrected chi connectivity index (χ2v) is 5.20. The van der Waals surface area contributed by atoms with Crippen molar-refractivity contribution in [2.75, 3.05) is 13.7 Å². The molecule has 6 nitrogen and oxygen atoms in total. The van der Waals surface area contributed by atoms with Crippen LogP contribution in [0, 0.1) is 0 Å². The number of carbonyl (C=O) groups excluding carboxylic acids is 1. The van der Waals surface area contributed by atoms with Crippen LogP contribution in [0.1, 0.15) is 16.1 Å². The number of rotatable bonds is 6. The zero-order valence-electron chi connectivity index (χ0n) is 13.3. The van der Waals surface area contributed by atoms with Gasteiger partial charge in [-0.1, -0.05) is 41.6 Å². The van der Waals surface area contributed by atoms with Gasteiger partial charge in [0.25, 0.3) is 5.91 Å². The summed E-state index contributed by atoms with van der Waals surface area (Å²) in [6.07, 6.45) is 2.30. The van der Waals surface area contributed by atoms with E-state index in [0.717, 1.165) is 17.0 Å². The van der Waals surface area contributed by atoms with Crippen molar-refractivity contribution in [2.45, 2.75) is 6.42 Å². The van der Waals surface area contributed by atoms with Gasteiger partial charge in [0.1, 0.15) is 5.75 Å². The van der Waals surface area contributed by atoms with Gasteiger partial charge < -0.3 is 10.1 Å². The van der Waals surface area contributed by atoms with Crippen LogP contribution >= 0.6 is 0 Å². The van der Waals surface area contributed by atoms with Crippen LogP contribution in [0.5, 0.6) is 5.75 Å². The number of nitrogens with one attached hydrogen (secondary N) is 1. The lowest BCUT2D eigenvalue weighted by Crippen LogP contribution is -2.26. The molecule has 0 aliphatic rings. The lowest BCUT2D eigenvalue weighted by atomic mass is 10.1. The molecular weight excluding hydrogens is 304 g/mol. The summed E-state index contributed by atoms with van der Waals surface area (Å²) in [5.74, 6) is 0.578. The highest BCUT2D eigenvalue weighted by atomic mass is 16.5. The van der Waals surface area contributed by atoms with E-state index in [1.165, 1.54) is 0 Å². The summed E-state index contributed by atoms with van der Waals surface area (Å²) in [4.78, 5) is 12.2. The largest absolute Gasteiger partial charge is 0.496 e. The number of benzene rings is 2. The highest BCUT2D eigenvalue weighted by Gasteiger charge is 2.11. The van der Waals surface area contributed by atoms with E-state index in [4.69, 9.17) is 4.74 Å². The van der Waals surface area contributed by atoms with Crippen molar-refractivity contribution in [3.8, 4) is 11.4 Å². The van der Waals surface area contributed by atoms with E-state index in [2.05, 4.69) is 15.6 Å². The van der Waals surface area contributed by atoms with E-state index < -0.39 is 0 Å². The summed E-state index contributed by atoms with van der Waals surface area (Å²) in [6, 6.07) is 17.3. The third-order valence-corrected chi connectivity index (χ3v) is 3.62. The maximum Gasteiger partial charge on any atom is 0.273 e. The van der Waals surface area contributed by atoms with Crippen LogP contribution in [0.15, 0.2) is 60.8 Å². The van der Waals surface area contributed by atoms with Crippen molar-refractivity contribution in [3.63, 3.8) is 0 Å². The molecule has 3 aromatic rings. The lowest BCUT2D eigenvalue weighted by Gasteiger charge is -2.08. The van der Waals surface area contributed by atoms with Crippen LogP contribution in [-0.4, -0.2) is 34.6 Å². The van der Waals surface area contributed by atoms with Crippen molar-refractivity contribution in [2.24, 2.45) is 0 Å².